The molecule has 2 aromatic rings. The van der Waals surface area contributed by atoms with Gasteiger partial charge in [0.2, 0.25) is 0 Å². The molecule has 1 saturated heterocycles. The van der Waals surface area contributed by atoms with Gasteiger partial charge in [0.15, 0.2) is 5.82 Å². The second-order valence-corrected chi connectivity index (χ2v) is 5.21. The summed E-state index contributed by atoms with van der Waals surface area (Å²) in [5.74, 6) is 1.94. The minimum Gasteiger partial charge on any atom is -0.384 e. The molecule has 6 nitrogen and oxygen atoms in total. The molecule has 0 bridgehead atoms. The number of hydrogen-bond acceptors (Lipinski definition) is 6. The summed E-state index contributed by atoms with van der Waals surface area (Å²) in [5.41, 5.74) is 7.34. The molecule has 0 aliphatic carbocycles. The number of methoxy groups -OCH3 is 1. The quantitative estimate of drug-likeness (QED) is 0.912. The molecule has 6 heteroatoms. The first-order chi connectivity index (χ1) is 9.78. The smallest absolute Gasteiger partial charge is 0.153 e. The molecule has 1 unspecified atom stereocenters. The highest BCUT2D eigenvalue weighted by Gasteiger charge is 2.21. The number of aromatic nitrogens is 3. The first-order valence-electron chi connectivity index (χ1n) is 6.89. The lowest BCUT2D eigenvalue weighted by Gasteiger charge is -2.33. The summed E-state index contributed by atoms with van der Waals surface area (Å²) >= 11 is 0. The third-order valence-electron chi connectivity index (χ3n) is 3.74. The molecule has 106 valence electrons. The number of ether oxygens (including phenoxy) is 1. The lowest BCUT2D eigenvalue weighted by Crippen LogP contribution is -2.37. The summed E-state index contributed by atoms with van der Waals surface area (Å²) in [4.78, 5) is 15.1. The van der Waals surface area contributed by atoms with Gasteiger partial charge in [-0.05, 0) is 30.9 Å². The van der Waals surface area contributed by atoms with Crippen molar-refractivity contribution in [1.82, 2.24) is 15.0 Å². The number of hydrogen-bond donors (Lipinski definition) is 1. The van der Waals surface area contributed by atoms with E-state index in [1.807, 2.05) is 12.1 Å². The van der Waals surface area contributed by atoms with Crippen LogP contribution in [0.2, 0.25) is 0 Å². The summed E-state index contributed by atoms with van der Waals surface area (Å²) in [6.07, 6.45) is 3.84. The maximum Gasteiger partial charge on any atom is 0.153 e. The van der Waals surface area contributed by atoms with Crippen LogP contribution < -0.4 is 10.6 Å². The highest BCUT2D eigenvalue weighted by molar-refractivity contribution is 5.84. The third-order valence-corrected chi connectivity index (χ3v) is 3.74. The van der Waals surface area contributed by atoms with Crippen LogP contribution >= 0.6 is 0 Å². The van der Waals surface area contributed by atoms with Gasteiger partial charge in [0.25, 0.3) is 0 Å². The highest BCUT2D eigenvalue weighted by atomic mass is 16.5. The zero-order valence-electron chi connectivity index (χ0n) is 11.6. The van der Waals surface area contributed by atoms with Gasteiger partial charge in [0.1, 0.15) is 17.7 Å². The van der Waals surface area contributed by atoms with Crippen molar-refractivity contribution in [2.75, 3.05) is 37.4 Å². The largest absolute Gasteiger partial charge is 0.384 e. The Morgan fingerprint density at radius 1 is 1.40 bits per heavy atom. The van der Waals surface area contributed by atoms with E-state index in [4.69, 9.17) is 10.5 Å². The molecular formula is C14H19N5O. The molecule has 0 spiro atoms. The SMILES string of the molecule is COCC1CCCN(c2ccc3ncnc(N)c3n2)C1. The summed E-state index contributed by atoms with van der Waals surface area (Å²) in [7, 11) is 1.76. The van der Waals surface area contributed by atoms with Crippen molar-refractivity contribution in [2.24, 2.45) is 5.92 Å². The predicted octanol–water partition coefficient (Wildman–Crippen LogP) is 1.47. The Kier molecular flexibility index (Phi) is 3.64. The van der Waals surface area contributed by atoms with Crippen molar-refractivity contribution in [3.05, 3.63) is 18.5 Å². The van der Waals surface area contributed by atoms with E-state index in [1.165, 1.54) is 12.7 Å². The Bertz CT molecular complexity index is 601. The van der Waals surface area contributed by atoms with Crippen molar-refractivity contribution in [3.63, 3.8) is 0 Å². The number of piperidine rings is 1. The van der Waals surface area contributed by atoms with Gasteiger partial charge in [0.05, 0.1) is 12.1 Å². The summed E-state index contributed by atoms with van der Waals surface area (Å²) in [5, 5.41) is 0. The molecule has 0 amide bonds. The van der Waals surface area contributed by atoms with Crippen LogP contribution in [0.15, 0.2) is 18.5 Å². The van der Waals surface area contributed by atoms with Crippen molar-refractivity contribution in [2.45, 2.75) is 12.8 Å². The standard InChI is InChI=1S/C14H19N5O/c1-20-8-10-3-2-6-19(7-10)12-5-4-11-13(18-12)14(15)17-9-16-11/h4-5,9-10H,2-3,6-8H2,1H3,(H2,15,16,17). The van der Waals surface area contributed by atoms with Crippen LogP contribution in [-0.4, -0.2) is 41.8 Å². The Balaban J connectivity index is 1.88. The fraction of sp³-hybridized carbons (Fsp3) is 0.500. The molecule has 0 aromatic carbocycles. The lowest BCUT2D eigenvalue weighted by atomic mass is 9.99. The van der Waals surface area contributed by atoms with E-state index in [0.29, 0.717) is 17.3 Å². The van der Waals surface area contributed by atoms with Crippen LogP contribution in [0.1, 0.15) is 12.8 Å². The van der Waals surface area contributed by atoms with Crippen molar-refractivity contribution < 1.29 is 4.74 Å². The summed E-state index contributed by atoms with van der Waals surface area (Å²) < 4.78 is 5.27. The maximum atomic E-state index is 5.88. The Morgan fingerprint density at radius 2 is 2.30 bits per heavy atom. The van der Waals surface area contributed by atoms with Crippen molar-refractivity contribution >= 4 is 22.7 Å². The highest BCUT2D eigenvalue weighted by Crippen LogP contribution is 2.24. The van der Waals surface area contributed by atoms with E-state index >= 15 is 0 Å². The van der Waals surface area contributed by atoms with Crippen LogP contribution in [0.4, 0.5) is 11.6 Å². The van der Waals surface area contributed by atoms with Crippen LogP contribution in [0.3, 0.4) is 0 Å². The van der Waals surface area contributed by atoms with E-state index in [1.54, 1.807) is 7.11 Å². The van der Waals surface area contributed by atoms with E-state index < -0.39 is 0 Å². The molecule has 2 N–H and O–H groups in total. The van der Waals surface area contributed by atoms with E-state index in [0.717, 1.165) is 37.5 Å². The fourth-order valence-electron chi connectivity index (χ4n) is 2.77. The number of fused-ring (bicyclic) bond motifs is 1. The topological polar surface area (TPSA) is 77.2 Å². The minimum atomic E-state index is 0.433. The van der Waals surface area contributed by atoms with Gasteiger partial charge in [-0.3, -0.25) is 0 Å². The zero-order chi connectivity index (χ0) is 13.9. The van der Waals surface area contributed by atoms with Crippen LogP contribution in [0.25, 0.3) is 11.0 Å². The van der Waals surface area contributed by atoms with Gasteiger partial charge in [0, 0.05) is 20.2 Å². The summed E-state index contributed by atoms with van der Waals surface area (Å²) in [6, 6.07) is 3.96. The number of rotatable bonds is 3. The molecule has 3 rings (SSSR count). The average Bonchev–Trinajstić information content (AvgIpc) is 2.48. The number of pyridine rings is 1. The number of nitrogens with two attached hydrogens (primary N) is 1. The van der Waals surface area contributed by atoms with E-state index in [-0.39, 0.29) is 0 Å². The normalized spacial score (nSPS) is 19.4. The van der Waals surface area contributed by atoms with Gasteiger partial charge >= 0.3 is 0 Å². The molecule has 0 saturated carbocycles. The predicted molar refractivity (Wildman–Crippen MR) is 78.6 cm³/mol. The lowest BCUT2D eigenvalue weighted by molar-refractivity contribution is 0.143. The first kappa shape index (κ1) is 13.1. The third kappa shape index (κ3) is 2.51. The Hall–Kier alpha value is -1.95. The second-order valence-electron chi connectivity index (χ2n) is 5.21. The van der Waals surface area contributed by atoms with Crippen LogP contribution in [0.5, 0.6) is 0 Å². The molecule has 1 fully saturated rings. The molecule has 0 radical (unpaired) electrons. The van der Waals surface area contributed by atoms with Gasteiger partial charge in [-0.2, -0.15) is 0 Å². The number of nitrogens with zero attached hydrogens (tertiary/aromatic N) is 4. The molecule has 3 heterocycles. The molecule has 1 aliphatic rings. The van der Waals surface area contributed by atoms with Gasteiger partial charge in [-0.1, -0.05) is 0 Å². The zero-order valence-corrected chi connectivity index (χ0v) is 11.6. The monoisotopic (exact) mass is 273 g/mol. The second kappa shape index (κ2) is 5.58. The summed E-state index contributed by atoms with van der Waals surface area (Å²) in [6.45, 7) is 2.79. The molecule has 1 atom stereocenters. The molecular weight excluding hydrogens is 254 g/mol. The Morgan fingerprint density at radius 3 is 3.15 bits per heavy atom. The van der Waals surface area contributed by atoms with Crippen LogP contribution in [0, 0.1) is 5.92 Å². The molecule has 1 aliphatic heterocycles. The molecule has 20 heavy (non-hydrogen) atoms. The average molecular weight is 273 g/mol. The fourth-order valence-corrected chi connectivity index (χ4v) is 2.77. The van der Waals surface area contributed by atoms with E-state index in [9.17, 15) is 0 Å². The van der Waals surface area contributed by atoms with E-state index in [2.05, 4.69) is 19.9 Å². The van der Waals surface area contributed by atoms with Gasteiger partial charge in [-0.15, -0.1) is 0 Å². The number of nitrogen functional groups attached to an aromatic ring is 1. The minimum absolute atomic E-state index is 0.433. The van der Waals surface area contributed by atoms with Gasteiger partial charge < -0.3 is 15.4 Å². The van der Waals surface area contributed by atoms with Crippen LogP contribution in [-0.2, 0) is 4.74 Å². The van der Waals surface area contributed by atoms with Crippen molar-refractivity contribution in [1.29, 1.82) is 0 Å². The van der Waals surface area contributed by atoms with Crippen molar-refractivity contribution in [3.8, 4) is 0 Å². The molecule has 2 aromatic heterocycles. The Labute approximate surface area is 118 Å². The number of anilines is 2. The maximum absolute atomic E-state index is 5.88. The van der Waals surface area contributed by atoms with Gasteiger partial charge in [-0.25, -0.2) is 15.0 Å². The first-order valence-corrected chi connectivity index (χ1v) is 6.89.